The van der Waals surface area contributed by atoms with Crippen molar-refractivity contribution in [2.75, 3.05) is 6.54 Å². The summed E-state index contributed by atoms with van der Waals surface area (Å²) in [5.41, 5.74) is 0.892. The molecule has 2 aliphatic heterocycles. The Hall–Kier alpha value is -6.22. The smallest absolute Gasteiger partial charge is 0.355 e. The number of benzene rings is 3. The second-order valence-electron chi connectivity index (χ2n) is 12.5. The number of rotatable bonds is 9. The Labute approximate surface area is 297 Å². The molecule has 2 aliphatic rings. The van der Waals surface area contributed by atoms with Crippen LogP contribution in [0.5, 0.6) is 0 Å². The number of pyridine rings is 2. The molecule has 0 radical (unpaired) electrons. The predicted molar refractivity (Wildman–Crippen MR) is 189 cm³/mol. The van der Waals surface area contributed by atoms with Crippen molar-refractivity contribution >= 4 is 44.4 Å². The van der Waals surface area contributed by atoms with E-state index in [2.05, 4.69) is 14.7 Å². The summed E-state index contributed by atoms with van der Waals surface area (Å²) in [6, 6.07) is 22.9. The van der Waals surface area contributed by atoms with Crippen LogP contribution >= 0.6 is 0 Å². The SMILES string of the molecule is CC[C@@]1(OC(=O)CN=C(Cc2ccccc2)NS(=O)(=O)c2ccc(C)cc2)C(=O)OCc2c1cc1n(c2=O)Cc2cc3c([N+](=O)[O-])cccc3nc2-1. The number of hydrogen-bond acceptors (Lipinski definition) is 11. The molecule has 0 saturated heterocycles. The first-order valence-corrected chi connectivity index (χ1v) is 17.8. The number of hydrogen-bond donors (Lipinski definition) is 1. The van der Waals surface area contributed by atoms with Gasteiger partial charge in [0.2, 0.25) is 5.60 Å². The molecule has 0 fully saturated rings. The molecule has 264 valence electrons. The van der Waals surface area contributed by atoms with Gasteiger partial charge in [0.1, 0.15) is 19.0 Å². The number of nitrogens with one attached hydrogen (secondary N) is 1. The van der Waals surface area contributed by atoms with Gasteiger partial charge in [0.05, 0.1) is 44.2 Å². The van der Waals surface area contributed by atoms with Crippen LogP contribution in [-0.2, 0) is 54.3 Å². The molecule has 0 saturated carbocycles. The lowest BCUT2D eigenvalue weighted by Crippen LogP contribution is -2.48. The second-order valence-corrected chi connectivity index (χ2v) is 14.2. The van der Waals surface area contributed by atoms with E-state index in [1.54, 1.807) is 61.5 Å². The molecular weight excluding hydrogens is 691 g/mol. The maximum Gasteiger partial charge on any atom is 0.355 e. The van der Waals surface area contributed by atoms with Crippen molar-refractivity contribution in [1.29, 1.82) is 0 Å². The van der Waals surface area contributed by atoms with Crippen molar-refractivity contribution < 1.29 is 32.4 Å². The summed E-state index contributed by atoms with van der Waals surface area (Å²) in [6.07, 6.45) is -0.0610. The number of cyclic esters (lactones) is 1. The number of carbonyl (C=O) groups is 2. The predicted octanol–water partition coefficient (Wildman–Crippen LogP) is 4.47. The van der Waals surface area contributed by atoms with Crippen molar-refractivity contribution in [2.24, 2.45) is 4.99 Å². The molecule has 4 heterocycles. The van der Waals surface area contributed by atoms with Crippen molar-refractivity contribution in [3.63, 3.8) is 0 Å². The van der Waals surface area contributed by atoms with Crippen LogP contribution in [0.1, 0.15) is 41.2 Å². The fourth-order valence-electron chi connectivity index (χ4n) is 6.53. The highest BCUT2D eigenvalue weighted by atomic mass is 32.2. The Balaban J connectivity index is 1.23. The molecule has 0 unspecified atom stereocenters. The summed E-state index contributed by atoms with van der Waals surface area (Å²) >= 11 is 0. The van der Waals surface area contributed by atoms with Crippen molar-refractivity contribution in [2.45, 2.75) is 50.3 Å². The van der Waals surface area contributed by atoms with Crippen LogP contribution in [0.3, 0.4) is 0 Å². The van der Waals surface area contributed by atoms with E-state index >= 15 is 0 Å². The zero-order valence-electron chi connectivity index (χ0n) is 28.0. The molecule has 2 aromatic heterocycles. The minimum Gasteiger partial charge on any atom is -0.457 e. The van der Waals surface area contributed by atoms with Crippen molar-refractivity contribution in [3.8, 4) is 11.4 Å². The summed E-state index contributed by atoms with van der Waals surface area (Å²) < 4.78 is 41.8. The van der Waals surface area contributed by atoms with Crippen molar-refractivity contribution in [1.82, 2.24) is 14.3 Å². The van der Waals surface area contributed by atoms with Gasteiger partial charge in [0, 0.05) is 23.6 Å². The number of amidine groups is 1. The lowest BCUT2D eigenvalue weighted by atomic mass is 9.85. The average Bonchev–Trinajstić information content (AvgIpc) is 3.48. The quantitative estimate of drug-likeness (QED) is 0.0734. The first-order valence-electron chi connectivity index (χ1n) is 16.3. The van der Waals surface area contributed by atoms with Gasteiger partial charge in [-0.25, -0.2) is 23.0 Å². The number of nitrogens with zero attached hydrogens (tertiary/aromatic N) is 4. The van der Waals surface area contributed by atoms with E-state index in [0.717, 1.165) is 11.1 Å². The number of sulfonamides is 1. The van der Waals surface area contributed by atoms with Gasteiger partial charge in [-0.2, -0.15) is 0 Å². The molecule has 0 bridgehead atoms. The van der Waals surface area contributed by atoms with Crippen LogP contribution in [0.15, 0.2) is 99.6 Å². The van der Waals surface area contributed by atoms with E-state index < -0.39 is 44.6 Å². The number of ether oxygens (including phenoxy) is 2. The zero-order valence-corrected chi connectivity index (χ0v) is 28.8. The molecule has 14 nitrogen and oxygen atoms in total. The van der Waals surface area contributed by atoms with E-state index in [9.17, 15) is 32.9 Å². The van der Waals surface area contributed by atoms with E-state index in [1.807, 2.05) is 13.0 Å². The highest BCUT2D eigenvalue weighted by Crippen LogP contribution is 2.41. The van der Waals surface area contributed by atoms with E-state index in [0.29, 0.717) is 27.9 Å². The third-order valence-corrected chi connectivity index (χ3v) is 10.6. The Kier molecular flexibility index (Phi) is 8.66. The maximum atomic E-state index is 13.9. The fraction of sp³-hybridized carbons (Fsp3) is 0.216. The first kappa shape index (κ1) is 34.2. The monoisotopic (exact) mass is 721 g/mol. The molecule has 1 N–H and O–H groups in total. The third-order valence-electron chi connectivity index (χ3n) is 9.18. The Morgan fingerprint density at radius 3 is 2.54 bits per heavy atom. The molecule has 0 amide bonds. The summed E-state index contributed by atoms with van der Waals surface area (Å²) in [6.45, 7) is 2.49. The molecule has 0 spiro atoms. The first-order chi connectivity index (χ1) is 24.9. The van der Waals surface area contributed by atoms with Gasteiger partial charge >= 0.3 is 11.9 Å². The lowest BCUT2D eigenvalue weighted by Gasteiger charge is -2.35. The standard InChI is InChI=1S/C37H31N5O9S/c1-3-37(51-33(43)19-38-32(16-23-8-5-4-6-9-23)40-52(48,49)25-14-12-22(2)13-15-25)28-18-31-34-24(20-41(31)35(44)27(28)21-50-36(37)45)17-26-29(39-34)10-7-11-30(26)42(46)47/h4-15,17-18H,3,16,19-21H2,1-2H3,(H,38,40)/t37-/m0/s1. The van der Waals surface area contributed by atoms with E-state index in [1.165, 1.54) is 28.8 Å². The normalized spacial score (nSPS) is 16.4. The number of aromatic nitrogens is 2. The summed E-state index contributed by atoms with van der Waals surface area (Å²) in [4.78, 5) is 61.1. The Morgan fingerprint density at radius 1 is 1.08 bits per heavy atom. The number of fused-ring (bicyclic) bond motifs is 5. The second kappa shape index (κ2) is 13.2. The van der Waals surface area contributed by atoms with Crippen molar-refractivity contribution in [3.05, 3.63) is 133 Å². The minimum absolute atomic E-state index is 0.00837. The Bertz CT molecular complexity index is 2500. The molecule has 3 aromatic carbocycles. The molecular formula is C37H31N5O9S. The zero-order chi connectivity index (χ0) is 36.8. The summed E-state index contributed by atoms with van der Waals surface area (Å²) in [5.74, 6) is -1.88. The molecule has 0 aliphatic carbocycles. The number of carbonyl (C=O) groups excluding carboxylic acids is 2. The average molecular weight is 722 g/mol. The summed E-state index contributed by atoms with van der Waals surface area (Å²) in [7, 11) is -4.08. The van der Waals surface area contributed by atoms with Crippen LogP contribution < -0.4 is 10.3 Å². The van der Waals surface area contributed by atoms with Crippen LogP contribution in [0.2, 0.25) is 0 Å². The highest BCUT2D eigenvalue weighted by molar-refractivity contribution is 7.90. The third kappa shape index (κ3) is 6.08. The van der Waals surface area contributed by atoms with E-state index in [4.69, 9.17) is 9.47 Å². The molecule has 5 aromatic rings. The van der Waals surface area contributed by atoms with Gasteiger partial charge in [0.25, 0.3) is 21.3 Å². The topological polar surface area (TPSA) is 189 Å². The minimum atomic E-state index is -4.08. The Morgan fingerprint density at radius 2 is 1.83 bits per heavy atom. The molecule has 1 atom stereocenters. The van der Waals surface area contributed by atoms with Gasteiger partial charge in [-0.05, 0) is 49.2 Å². The summed E-state index contributed by atoms with van der Waals surface area (Å²) in [5, 5.41) is 12.0. The number of nitro groups is 1. The van der Waals surface area contributed by atoms with Gasteiger partial charge < -0.3 is 14.0 Å². The van der Waals surface area contributed by atoms with Crippen LogP contribution in [0, 0.1) is 17.0 Å². The van der Waals surface area contributed by atoms with Crippen LogP contribution in [0.4, 0.5) is 5.69 Å². The van der Waals surface area contributed by atoms with Crippen LogP contribution in [-0.4, -0.2) is 47.2 Å². The van der Waals surface area contributed by atoms with Gasteiger partial charge in [-0.3, -0.25) is 24.6 Å². The number of aliphatic imine (C=N–C) groups is 1. The highest BCUT2D eigenvalue weighted by Gasteiger charge is 2.50. The molecule has 52 heavy (non-hydrogen) atoms. The maximum absolute atomic E-state index is 13.9. The lowest BCUT2D eigenvalue weighted by molar-refractivity contribution is -0.383. The number of non-ortho nitro benzene ring substituents is 1. The van der Waals surface area contributed by atoms with Gasteiger partial charge in [-0.15, -0.1) is 0 Å². The van der Waals surface area contributed by atoms with Crippen LogP contribution in [0.25, 0.3) is 22.3 Å². The number of nitro benzene ring substituents is 1. The molecule has 15 heteroatoms. The van der Waals surface area contributed by atoms with E-state index in [-0.39, 0.29) is 53.5 Å². The largest absolute Gasteiger partial charge is 0.457 e. The number of esters is 2. The van der Waals surface area contributed by atoms with Gasteiger partial charge in [-0.1, -0.05) is 61.0 Å². The molecule has 7 rings (SSSR count). The number of aryl methyl sites for hydroxylation is 1. The van der Waals surface area contributed by atoms with Gasteiger partial charge in [0.15, 0.2) is 0 Å². The fourth-order valence-corrected chi connectivity index (χ4v) is 7.59.